The normalized spacial score (nSPS) is 20.4. The van der Waals surface area contributed by atoms with Crippen molar-refractivity contribution in [1.29, 1.82) is 0 Å². The molecule has 180 valence electrons. The molecule has 0 aromatic heterocycles. The van der Waals surface area contributed by atoms with Crippen molar-refractivity contribution >= 4 is 46.4 Å². The van der Waals surface area contributed by atoms with Crippen LogP contribution in [0.5, 0.6) is 0 Å². The highest BCUT2D eigenvalue weighted by Gasteiger charge is 2.45. The Morgan fingerprint density at radius 2 is 1.66 bits per heavy atom. The molecular weight excluding hydrogens is 501 g/mol. The first-order valence-electron chi connectivity index (χ1n) is 11.6. The highest BCUT2D eigenvalue weighted by atomic mass is 35.5. The first kappa shape index (κ1) is 24.1. The van der Waals surface area contributed by atoms with Gasteiger partial charge in [-0.2, -0.15) is 0 Å². The number of hydrogen-bond acceptors (Lipinski definition) is 3. The standard InChI is InChI=1S/C27H24ClN3O.CH2Cl2/c28-21-11-6-10-19(13-21)22-14-25-29-24-12-5-4-9-20(24)16-31(25)26-23(22)17-30(27(26)32)15-18-7-2-1-3-8-18;2-1-3/h1-13,22,25,29H,14-17H2;1H2/t22-,25-;/m1./s1. The molecule has 3 aliphatic rings. The Morgan fingerprint density at radius 3 is 2.43 bits per heavy atom. The first-order chi connectivity index (χ1) is 17.1. The number of carbonyl (C=O) groups is 1. The number of amides is 1. The molecule has 0 saturated carbocycles. The molecule has 3 heterocycles. The van der Waals surface area contributed by atoms with Crippen molar-refractivity contribution in [1.82, 2.24) is 9.80 Å². The Hall–Kier alpha value is -2.66. The van der Waals surface area contributed by atoms with Gasteiger partial charge in [-0.25, -0.2) is 0 Å². The third kappa shape index (κ3) is 4.88. The molecule has 4 nitrogen and oxygen atoms in total. The fraction of sp³-hybridized carbons (Fsp3) is 0.250. The van der Waals surface area contributed by atoms with E-state index in [4.69, 9.17) is 34.8 Å². The van der Waals surface area contributed by atoms with Gasteiger partial charge in [-0.05, 0) is 46.9 Å². The highest BCUT2D eigenvalue weighted by molar-refractivity contribution is 6.40. The lowest BCUT2D eigenvalue weighted by Gasteiger charge is -2.45. The van der Waals surface area contributed by atoms with Crippen molar-refractivity contribution in [2.75, 3.05) is 17.2 Å². The zero-order valence-electron chi connectivity index (χ0n) is 19.1. The highest BCUT2D eigenvalue weighted by Crippen LogP contribution is 2.46. The maximum atomic E-state index is 13.7. The maximum Gasteiger partial charge on any atom is 0.270 e. The second-order valence-corrected chi connectivity index (χ2v) is 10.2. The molecule has 1 N–H and O–H groups in total. The lowest BCUT2D eigenvalue weighted by molar-refractivity contribution is -0.127. The van der Waals surface area contributed by atoms with Crippen LogP contribution in [0.4, 0.5) is 5.69 Å². The van der Waals surface area contributed by atoms with Gasteiger partial charge in [-0.1, -0.05) is 72.3 Å². The van der Waals surface area contributed by atoms with Crippen molar-refractivity contribution in [2.24, 2.45) is 0 Å². The predicted octanol–water partition coefficient (Wildman–Crippen LogP) is 6.80. The van der Waals surface area contributed by atoms with Gasteiger partial charge in [0.05, 0.1) is 5.34 Å². The zero-order chi connectivity index (χ0) is 24.4. The average molecular weight is 527 g/mol. The van der Waals surface area contributed by atoms with Gasteiger partial charge in [0, 0.05) is 36.3 Å². The van der Waals surface area contributed by atoms with Crippen LogP contribution in [-0.4, -0.2) is 33.8 Å². The monoisotopic (exact) mass is 525 g/mol. The summed E-state index contributed by atoms with van der Waals surface area (Å²) in [5.74, 6) is 0.286. The van der Waals surface area contributed by atoms with Gasteiger partial charge in [0.1, 0.15) is 11.9 Å². The van der Waals surface area contributed by atoms with E-state index in [-0.39, 0.29) is 23.3 Å². The molecule has 3 aromatic carbocycles. The average Bonchev–Trinajstić information content (AvgIpc) is 3.19. The number of anilines is 1. The van der Waals surface area contributed by atoms with Crippen LogP contribution in [0.2, 0.25) is 5.02 Å². The van der Waals surface area contributed by atoms with Gasteiger partial charge >= 0.3 is 0 Å². The van der Waals surface area contributed by atoms with Crippen LogP contribution in [-0.2, 0) is 17.9 Å². The Bertz CT molecular complexity index is 1250. The number of nitrogens with one attached hydrogen (secondary N) is 1. The molecule has 3 aliphatic heterocycles. The van der Waals surface area contributed by atoms with Crippen LogP contribution in [0.15, 0.2) is 90.1 Å². The lowest BCUT2D eigenvalue weighted by Crippen LogP contribution is -2.48. The largest absolute Gasteiger partial charge is 0.365 e. The SMILES string of the molecule is ClCCl.O=C1C2=C(CN1Cc1ccccc1)[C@@H](c1cccc(Cl)c1)C[C@@H]1Nc3ccccc3CN21. The zero-order valence-corrected chi connectivity index (χ0v) is 21.4. The lowest BCUT2D eigenvalue weighted by atomic mass is 9.82. The molecule has 35 heavy (non-hydrogen) atoms. The van der Waals surface area contributed by atoms with Gasteiger partial charge in [0.25, 0.3) is 5.91 Å². The topological polar surface area (TPSA) is 35.6 Å². The summed E-state index contributed by atoms with van der Waals surface area (Å²) in [6.45, 7) is 2.03. The number of benzene rings is 3. The Kier molecular flexibility index (Phi) is 7.24. The molecule has 1 amide bonds. The van der Waals surface area contributed by atoms with Crippen molar-refractivity contribution in [3.05, 3.63) is 112 Å². The maximum absolute atomic E-state index is 13.7. The van der Waals surface area contributed by atoms with E-state index in [0.717, 1.165) is 34.9 Å². The van der Waals surface area contributed by atoms with E-state index < -0.39 is 0 Å². The number of rotatable bonds is 3. The number of para-hydroxylation sites is 1. The van der Waals surface area contributed by atoms with Crippen LogP contribution in [0.1, 0.15) is 29.0 Å². The van der Waals surface area contributed by atoms with Crippen LogP contribution >= 0.6 is 34.8 Å². The summed E-state index contributed by atoms with van der Waals surface area (Å²) in [6, 6.07) is 26.7. The van der Waals surface area contributed by atoms with Gasteiger partial charge in [0.2, 0.25) is 0 Å². The van der Waals surface area contributed by atoms with Crippen LogP contribution in [0, 0.1) is 0 Å². The third-order valence-corrected chi connectivity index (χ3v) is 7.08. The minimum absolute atomic E-state index is 0.0771. The number of nitrogens with zero attached hydrogens (tertiary/aromatic N) is 2. The molecule has 0 aliphatic carbocycles. The molecule has 3 aromatic rings. The minimum Gasteiger partial charge on any atom is -0.365 e. The summed E-state index contributed by atoms with van der Waals surface area (Å²) in [5.41, 5.74) is 6.80. The minimum atomic E-state index is 0.0771. The molecule has 0 fully saturated rings. The summed E-state index contributed by atoms with van der Waals surface area (Å²) >= 11 is 15.9. The summed E-state index contributed by atoms with van der Waals surface area (Å²) in [6.07, 6.45) is 0.980. The fourth-order valence-corrected chi connectivity index (χ4v) is 5.55. The van der Waals surface area contributed by atoms with Crippen LogP contribution < -0.4 is 5.32 Å². The molecule has 0 unspecified atom stereocenters. The second kappa shape index (κ2) is 10.5. The number of alkyl halides is 2. The van der Waals surface area contributed by atoms with E-state index in [2.05, 4.69) is 52.7 Å². The molecule has 6 rings (SSSR count). The van der Waals surface area contributed by atoms with Crippen molar-refractivity contribution in [3.8, 4) is 0 Å². The summed E-state index contributed by atoms with van der Waals surface area (Å²) < 4.78 is 0. The first-order valence-corrected chi connectivity index (χ1v) is 13.1. The molecule has 0 bridgehead atoms. The molecule has 0 spiro atoms. The van der Waals surface area contributed by atoms with Crippen LogP contribution in [0.3, 0.4) is 0 Å². The Balaban J connectivity index is 0.000000806. The van der Waals surface area contributed by atoms with E-state index in [1.165, 1.54) is 16.7 Å². The van der Waals surface area contributed by atoms with E-state index in [1.54, 1.807) is 0 Å². The van der Waals surface area contributed by atoms with Gasteiger partial charge < -0.3 is 15.1 Å². The predicted molar refractivity (Wildman–Crippen MR) is 144 cm³/mol. The van der Waals surface area contributed by atoms with E-state index in [9.17, 15) is 4.79 Å². The van der Waals surface area contributed by atoms with Crippen molar-refractivity contribution in [3.63, 3.8) is 0 Å². The molecule has 7 heteroatoms. The smallest absolute Gasteiger partial charge is 0.270 e. The number of halogens is 3. The van der Waals surface area contributed by atoms with Crippen LogP contribution in [0.25, 0.3) is 0 Å². The number of carbonyl (C=O) groups excluding carboxylic acids is 1. The summed E-state index contributed by atoms with van der Waals surface area (Å²) in [7, 11) is 0. The van der Waals surface area contributed by atoms with E-state index >= 15 is 0 Å². The van der Waals surface area contributed by atoms with Crippen molar-refractivity contribution in [2.45, 2.75) is 31.6 Å². The number of hydrogen-bond donors (Lipinski definition) is 1. The van der Waals surface area contributed by atoms with Crippen molar-refractivity contribution < 1.29 is 4.79 Å². The Morgan fingerprint density at radius 1 is 0.914 bits per heavy atom. The molecule has 0 saturated heterocycles. The molecule has 0 radical (unpaired) electrons. The second-order valence-electron chi connectivity index (χ2n) is 8.91. The van der Waals surface area contributed by atoms with Gasteiger partial charge in [-0.3, -0.25) is 4.79 Å². The fourth-order valence-electron chi connectivity index (χ4n) is 5.35. The molecular formula is C28H26Cl3N3O. The molecule has 2 atom stereocenters. The quantitative estimate of drug-likeness (QED) is 0.381. The van der Waals surface area contributed by atoms with E-state index in [1.807, 2.05) is 41.3 Å². The Labute approximate surface area is 221 Å². The summed E-state index contributed by atoms with van der Waals surface area (Å²) in [4.78, 5) is 18.0. The number of fused-ring (bicyclic) bond motifs is 3. The van der Waals surface area contributed by atoms with Gasteiger partial charge in [0.15, 0.2) is 0 Å². The summed E-state index contributed by atoms with van der Waals surface area (Å²) in [5, 5.41) is 4.63. The van der Waals surface area contributed by atoms with Gasteiger partial charge in [-0.15, -0.1) is 23.2 Å². The third-order valence-electron chi connectivity index (χ3n) is 6.85. The van der Waals surface area contributed by atoms with E-state index in [0.29, 0.717) is 13.1 Å².